The van der Waals surface area contributed by atoms with Gasteiger partial charge >= 0.3 is 6.03 Å². The first-order chi connectivity index (χ1) is 17.3. The summed E-state index contributed by atoms with van der Waals surface area (Å²) in [6.45, 7) is 6.77. The molecule has 1 aliphatic heterocycles. The van der Waals surface area contributed by atoms with Crippen molar-refractivity contribution in [3.63, 3.8) is 0 Å². The average molecular weight is 491 g/mol. The molecule has 4 rings (SSSR count). The molecular weight excluding hydrogens is 459 g/mol. The Hall–Kier alpha value is -4.08. The van der Waals surface area contributed by atoms with Crippen LogP contribution in [-0.4, -0.2) is 76.5 Å². The lowest BCUT2D eigenvalue weighted by Gasteiger charge is -2.37. The fourth-order valence-electron chi connectivity index (χ4n) is 4.49. The lowest BCUT2D eigenvalue weighted by Crippen LogP contribution is -2.47. The van der Waals surface area contributed by atoms with Gasteiger partial charge in [-0.3, -0.25) is 0 Å². The summed E-state index contributed by atoms with van der Waals surface area (Å²) in [5.74, 6) is 0.406. The van der Waals surface area contributed by atoms with Crippen LogP contribution in [-0.2, 0) is 0 Å². The van der Waals surface area contributed by atoms with Crippen molar-refractivity contribution >= 4 is 34.0 Å². The van der Waals surface area contributed by atoms with Gasteiger partial charge in [-0.15, -0.1) is 10.2 Å². The van der Waals surface area contributed by atoms with Gasteiger partial charge in [0.25, 0.3) is 0 Å². The number of aromatic nitrogens is 4. The van der Waals surface area contributed by atoms with Gasteiger partial charge < -0.3 is 20.0 Å². The molecule has 0 aliphatic carbocycles. The number of carbonyl (C=O) groups is 1. The van der Waals surface area contributed by atoms with E-state index in [-0.39, 0.29) is 17.9 Å². The van der Waals surface area contributed by atoms with Gasteiger partial charge in [0.1, 0.15) is 11.5 Å². The molecule has 10 heteroatoms. The number of likely N-dealkylation sites (tertiary alicyclic amines) is 1. The van der Waals surface area contributed by atoms with Gasteiger partial charge in [-0.25, -0.2) is 9.18 Å². The Morgan fingerprint density at radius 2 is 1.83 bits per heavy atom. The molecule has 1 aliphatic rings. The molecule has 0 radical (unpaired) electrons. The van der Waals surface area contributed by atoms with Gasteiger partial charge in [0.15, 0.2) is 5.82 Å². The molecule has 1 saturated heterocycles. The van der Waals surface area contributed by atoms with E-state index in [1.165, 1.54) is 12.1 Å². The summed E-state index contributed by atoms with van der Waals surface area (Å²) in [4.78, 5) is 18.7. The highest BCUT2D eigenvalue weighted by molar-refractivity contribution is 5.97. The number of hydrogen-bond donors (Lipinski definition) is 1. The number of amides is 2. The van der Waals surface area contributed by atoms with Crippen LogP contribution in [0.4, 0.5) is 20.7 Å². The number of nitrogens with one attached hydrogen (secondary N) is 1. The molecule has 2 aromatic heterocycles. The maximum absolute atomic E-state index is 13.4. The van der Waals surface area contributed by atoms with E-state index >= 15 is 0 Å². The zero-order chi connectivity index (χ0) is 25.8. The predicted molar refractivity (Wildman–Crippen MR) is 140 cm³/mol. The standard InChI is InChI=1S/C26H31FN8O/c1-6-7-23(33(3)4)24-20-15-28-29-16-21(20)25(32-31-24)34(5)19-10-12-35(13-11-19)26(36)30-22-9-8-18(27)14-17(22)2/h6-9,14-16,19H,1,10-13H2,2-5H3,(H,30,36)/b23-7-. The van der Waals surface area contributed by atoms with Crippen LogP contribution in [0.1, 0.15) is 24.1 Å². The number of aryl methyl sites for hydroxylation is 1. The third-order valence-corrected chi connectivity index (χ3v) is 6.53. The summed E-state index contributed by atoms with van der Waals surface area (Å²) in [5, 5.41) is 21.9. The fourth-order valence-corrected chi connectivity index (χ4v) is 4.49. The van der Waals surface area contributed by atoms with Gasteiger partial charge in [-0.05, 0) is 49.6 Å². The van der Waals surface area contributed by atoms with E-state index in [9.17, 15) is 9.18 Å². The first-order valence-electron chi connectivity index (χ1n) is 11.8. The van der Waals surface area contributed by atoms with Crippen LogP contribution in [0.2, 0.25) is 0 Å². The maximum atomic E-state index is 13.4. The number of benzene rings is 1. The highest BCUT2D eigenvalue weighted by Gasteiger charge is 2.28. The van der Waals surface area contributed by atoms with Crippen molar-refractivity contribution in [1.29, 1.82) is 0 Å². The molecule has 1 N–H and O–H groups in total. The molecule has 0 unspecified atom stereocenters. The normalized spacial score (nSPS) is 14.6. The second-order valence-corrected chi connectivity index (χ2v) is 9.09. The van der Waals surface area contributed by atoms with Crippen molar-refractivity contribution < 1.29 is 9.18 Å². The zero-order valence-corrected chi connectivity index (χ0v) is 21.1. The average Bonchev–Trinajstić information content (AvgIpc) is 2.88. The quantitative estimate of drug-likeness (QED) is 0.521. The van der Waals surface area contributed by atoms with Crippen molar-refractivity contribution in [3.8, 4) is 0 Å². The number of halogens is 1. The monoisotopic (exact) mass is 490 g/mol. The van der Waals surface area contributed by atoms with Crippen molar-refractivity contribution in [2.24, 2.45) is 0 Å². The van der Waals surface area contributed by atoms with Crippen molar-refractivity contribution in [1.82, 2.24) is 30.2 Å². The molecule has 2 amide bonds. The third-order valence-electron chi connectivity index (χ3n) is 6.53. The van der Waals surface area contributed by atoms with Crippen LogP contribution in [0, 0.1) is 12.7 Å². The summed E-state index contributed by atoms with van der Waals surface area (Å²) in [7, 11) is 5.88. The molecule has 36 heavy (non-hydrogen) atoms. The van der Waals surface area contributed by atoms with E-state index in [0.29, 0.717) is 30.0 Å². The Labute approximate surface area is 210 Å². The number of carbonyl (C=O) groups excluding carboxylic acids is 1. The number of hydrogen-bond acceptors (Lipinski definition) is 7. The molecular formula is C26H31FN8O. The Balaban J connectivity index is 1.49. The largest absolute Gasteiger partial charge is 0.376 e. The van der Waals surface area contributed by atoms with Crippen molar-refractivity contribution in [2.45, 2.75) is 25.8 Å². The first-order valence-corrected chi connectivity index (χ1v) is 11.8. The second-order valence-electron chi connectivity index (χ2n) is 9.09. The first kappa shape index (κ1) is 25.0. The highest BCUT2D eigenvalue weighted by Crippen LogP contribution is 2.31. The Bertz CT molecular complexity index is 1300. The Morgan fingerprint density at radius 3 is 2.47 bits per heavy atom. The number of piperidine rings is 1. The summed E-state index contributed by atoms with van der Waals surface area (Å²) in [6.07, 6.45) is 8.58. The van der Waals surface area contributed by atoms with E-state index in [0.717, 1.165) is 35.1 Å². The molecule has 3 heterocycles. The van der Waals surface area contributed by atoms with Crippen LogP contribution < -0.4 is 10.2 Å². The minimum atomic E-state index is -0.321. The van der Waals surface area contributed by atoms with Crippen molar-refractivity contribution in [2.75, 3.05) is 44.4 Å². The zero-order valence-electron chi connectivity index (χ0n) is 21.1. The van der Waals surface area contributed by atoms with Crippen LogP contribution in [0.15, 0.2) is 49.3 Å². The highest BCUT2D eigenvalue weighted by atomic mass is 19.1. The molecule has 0 atom stereocenters. The SMILES string of the molecule is C=C/C=C(/c1nnc(N(C)C2CCN(C(=O)Nc3ccc(F)cc3C)CC2)c2cnncc12)N(C)C. The molecule has 0 spiro atoms. The number of urea groups is 1. The number of fused-ring (bicyclic) bond motifs is 1. The topological polar surface area (TPSA) is 90.4 Å². The summed E-state index contributed by atoms with van der Waals surface area (Å²) >= 11 is 0. The second kappa shape index (κ2) is 10.7. The molecule has 3 aromatic rings. The summed E-state index contributed by atoms with van der Waals surface area (Å²) in [6, 6.07) is 4.34. The maximum Gasteiger partial charge on any atom is 0.321 e. The minimum Gasteiger partial charge on any atom is -0.376 e. The predicted octanol–water partition coefficient (Wildman–Crippen LogP) is 4.09. The smallest absolute Gasteiger partial charge is 0.321 e. The molecule has 188 valence electrons. The fraction of sp³-hybridized carbons (Fsp3) is 0.346. The Morgan fingerprint density at radius 1 is 1.14 bits per heavy atom. The van der Waals surface area contributed by atoms with Crippen LogP contribution in [0.3, 0.4) is 0 Å². The minimum absolute atomic E-state index is 0.176. The van der Waals surface area contributed by atoms with Gasteiger partial charge in [0.2, 0.25) is 0 Å². The number of allylic oxidation sites excluding steroid dienone is 2. The summed E-state index contributed by atoms with van der Waals surface area (Å²) in [5.41, 5.74) is 2.89. The molecule has 1 fully saturated rings. The van der Waals surface area contributed by atoms with Gasteiger partial charge in [-0.2, -0.15) is 10.2 Å². The van der Waals surface area contributed by atoms with Crippen LogP contribution >= 0.6 is 0 Å². The van der Waals surface area contributed by atoms with Gasteiger partial charge in [0, 0.05) is 51.3 Å². The van der Waals surface area contributed by atoms with Crippen LogP contribution in [0.5, 0.6) is 0 Å². The number of rotatable bonds is 6. The molecule has 9 nitrogen and oxygen atoms in total. The number of nitrogens with zero attached hydrogens (tertiary/aromatic N) is 7. The van der Waals surface area contributed by atoms with E-state index < -0.39 is 0 Å². The van der Waals surface area contributed by atoms with Crippen molar-refractivity contribution in [3.05, 3.63) is 66.4 Å². The number of anilines is 2. The van der Waals surface area contributed by atoms with Gasteiger partial charge in [-0.1, -0.05) is 12.7 Å². The third kappa shape index (κ3) is 5.12. The molecule has 0 bridgehead atoms. The Kier molecular flexibility index (Phi) is 7.42. The molecule has 0 saturated carbocycles. The summed E-state index contributed by atoms with van der Waals surface area (Å²) < 4.78 is 13.4. The van der Waals surface area contributed by atoms with E-state index in [4.69, 9.17) is 0 Å². The lowest BCUT2D eigenvalue weighted by molar-refractivity contribution is 0.194. The van der Waals surface area contributed by atoms with Gasteiger partial charge in [0.05, 0.1) is 23.5 Å². The van der Waals surface area contributed by atoms with E-state index in [1.54, 1.807) is 36.4 Å². The van der Waals surface area contributed by atoms with Crippen LogP contribution in [0.25, 0.3) is 16.5 Å². The van der Waals surface area contributed by atoms with E-state index in [1.807, 2.05) is 32.1 Å². The molecule has 1 aromatic carbocycles. The lowest BCUT2D eigenvalue weighted by atomic mass is 10.0. The van der Waals surface area contributed by atoms with E-state index in [2.05, 4.69) is 37.2 Å².